The summed E-state index contributed by atoms with van der Waals surface area (Å²) in [6, 6.07) is -0.517. The van der Waals surface area contributed by atoms with Crippen molar-refractivity contribution in [2.24, 2.45) is 17.8 Å². The van der Waals surface area contributed by atoms with E-state index in [0.29, 0.717) is 56.7 Å². The smallest absolute Gasteiger partial charge is 0.245 e. The largest absolute Gasteiger partial charge is 0.349 e. The van der Waals surface area contributed by atoms with E-state index in [-0.39, 0.29) is 23.9 Å². The Morgan fingerprint density at radius 3 is 2.17 bits per heavy atom. The van der Waals surface area contributed by atoms with E-state index < -0.39 is 5.79 Å². The van der Waals surface area contributed by atoms with Gasteiger partial charge in [-0.2, -0.15) is 0 Å². The van der Waals surface area contributed by atoms with E-state index in [9.17, 15) is 9.59 Å². The maximum atomic E-state index is 13.8. The van der Waals surface area contributed by atoms with Gasteiger partial charge < -0.3 is 24.2 Å². The molecule has 4 heterocycles. The van der Waals surface area contributed by atoms with Crippen molar-refractivity contribution in [3.05, 3.63) is 0 Å². The number of amides is 2. The molecule has 206 valence electrons. The lowest BCUT2D eigenvalue weighted by atomic mass is 9.94. The fourth-order valence-electron chi connectivity index (χ4n) is 6.39. The SMILES string of the molecule is CC(C)C[C@H]1C(=O)N([C@@H](CC(C)C)C(=O)N2CCC3(CC2)OCC(CN2CCCC2)CO3)CCN1C. The van der Waals surface area contributed by atoms with Crippen molar-refractivity contribution >= 4 is 11.8 Å². The fourth-order valence-corrected chi connectivity index (χ4v) is 6.39. The van der Waals surface area contributed by atoms with Gasteiger partial charge in [-0.3, -0.25) is 14.5 Å². The molecular formula is C28H50N4O4. The lowest BCUT2D eigenvalue weighted by Crippen LogP contribution is -2.63. The number of piperidine rings is 1. The van der Waals surface area contributed by atoms with Gasteiger partial charge in [-0.05, 0) is 57.7 Å². The van der Waals surface area contributed by atoms with E-state index in [0.717, 1.165) is 32.7 Å². The number of likely N-dealkylation sites (N-methyl/N-ethyl adjacent to an activating group) is 1. The van der Waals surface area contributed by atoms with Crippen LogP contribution in [0.25, 0.3) is 0 Å². The minimum atomic E-state index is -0.544. The minimum Gasteiger partial charge on any atom is -0.349 e. The Hall–Kier alpha value is -1.22. The Morgan fingerprint density at radius 2 is 1.58 bits per heavy atom. The van der Waals surface area contributed by atoms with E-state index in [1.165, 1.54) is 25.9 Å². The Kier molecular flexibility index (Phi) is 9.34. The van der Waals surface area contributed by atoms with Crippen LogP contribution in [-0.4, -0.2) is 115 Å². The third kappa shape index (κ3) is 6.61. The number of rotatable bonds is 8. The number of hydrogen-bond acceptors (Lipinski definition) is 6. The van der Waals surface area contributed by atoms with Gasteiger partial charge in [0.1, 0.15) is 6.04 Å². The van der Waals surface area contributed by atoms with Crippen molar-refractivity contribution in [1.82, 2.24) is 19.6 Å². The summed E-state index contributed by atoms with van der Waals surface area (Å²) in [6.45, 7) is 16.2. The molecule has 0 aromatic rings. The van der Waals surface area contributed by atoms with Gasteiger partial charge in [0, 0.05) is 51.5 Å². The molecule has 0 radical (unpaired) electrons. The molecule has 0 unspecified atom stereocenters. The van der Waals surface area contributed by atoms with E-state index in [1.807, 2.05) is 16.8 Å². The number of ether oxygens (including phenoxy) is 2. The second-order valence-corrected chi connectivity index (χ2v) is 12.5. The van der Waals surface area contributed by atoms with Gasteiger partial charge in [-0.15, -0.1) is 0 Å². The van der Waals surface area contributed by atoms with Crippen LogP contribution in [0.2, 0.25) is 0 Å². The average Bonchev–Trinajstić information content (AvgIpc) is 3.35. The molecule has 0 bridgehead atoms. The predicted octanol–water partition coefficient (Wildman–Crippen LogP) is 2.67. The molecule has 2 atom stereocenters. The zero-order chi connectivity index (χ0) is 25.9. The molecule has 4 rings (SSSR count). The van der Waals surface area contributed by atoms with Crippen LogP contribution in [-0.2, 0) is 19.1 Å². The number of piperazine rings is 1. The van der Waals surface area contributed by atoms with Gasteiger partial charge in [0.25, 0.3) is 0 Å². The van der Waals surface area contributed by atoms with Crippen LogP contribution in [0.3, 0.4) is 0 Å². The summed E-state index contributed by atoms with van der Waals surface area (Å²) in [4.78, 5) is 35.9. The van der Waals surface area contributed by atoms with Crippen LogP contribution in [0, 0.1) is 17.8 Å². The predicted molar refractivity (Wildman–Crippen MR) is 140 cm³/mol. The van der Waals surface area contributed by atoms with Crippen LogP contribution in [0.4, 0.5) is 0 Å². The highest BCUT2D eigenvalue weighted by Gasteiger charge is 2.45. The summed E-state index contributed by atoms with van der Waals surface area (Å²) in [7, 11) is 2.03. The lowest BCUT2D eigenvalue weighted by molar-refractivity contribution is -0.298. The van der Waals surface area contributed by atoms with E-state index in [4.69, 9.17) is 9.47 Å². The molecule has 0 aromatic carbocycles. The molecule has 0 aromatic heterocycles. The van der Waals surface area contributed by atoms with Crippen molar-refractivity contribution in [1.29, 1.82) is 0 Å². The van der Waals surface area contributed by atoms with Crippen molar-refractivity contribution in [2.45, 2.75) is 84.1 Å². The van der Waals surface area contributed by atoms with E-state index in [2.05, 4.69) is 37.5 Å². The molecule has 36 heavy (non-hydrogen) atoms. The number of hydrogen-bond donors (Lipinski definition) is 0. The molecule has 0 aliphatic carbocycles. The van der Waals surface area contributed by atoms with Crippen LogP contribution in [0.1, 0.15) is 66.2 Å². The molecule has 1 spiro atoms. The number of carbonyl (C=O) groups is 2. The molecule has 8 nitrogen and oxygen atoms in total. The number of carbonyl (C=O) groups excluding carboxylic acids is 2. The Balaban J connectivity index is 1.34. The van der Waals surface area contributed by atoms with Crippen molar-refractivity contribution < 1.29 is 19.1 Å². The van der Waals surface area contributed by atoms with Crippen LogP contribution >= 0.6 is 0 Å². The zero-order valence-electron chi connectivity index (χ0n) is 23.4. The minimum absolute atomic E-state index is 0.0995. The van der Waals surface area contributed by atoms with Crippen molar-refractivity contribution in [3.63, 3.8) is 0 Å². The first kappa shape index (κ1) is 27.8. The molecular weight excluding hydrogens is 456 g/mol. The highest BCUT2D eigenvalue weighted by molar-refractivity contribution is 5.90. The topological polar surface area (TPSA) is 65.6 Å². The van der Waals surface area contributed by atoms with Gasteiger partial charge >= 0.3 is 0 Å². The molecule has 0 saturated carbocycles. The first-order valence-corrected chi connectivity index (χ1v) is 14.5. The molecule has 4 saturated heterocycles. The number of likely N-dealkylation sites (tertiary alicyclic amines) is 2. The molecule has 4 fully saturated rings. The summed E-state index contributed by atoms with van der Waals surface area (Å²) < 4.78 is 12.6. The fraction of sp³-hybridized carbons (Fsp3) is 0.929. The molecule has 2 amide bonds. The van der Waals surface area contributed by atoms with Gasteiger partial charge in [-0.1, -0.05) is 27.7 Å². The monoisotopic (exact) mass is 506 g/mol. The van der Waals surface area contributed by atoms with Crippen LogP contribution < -0.4 is 0 Å². The first-order valence-electron chi connectivity index (χ1n) is 14.5. The zero-order valence-corrected chi connectivity index (χ0v) is 23.4. The highest BCUT2D eigenvalue weighted by atomic mass is 16.7. The standard InChI is InChI=1S/C28H50N4O4/c1-21(2)16-24-27(34)32(15-14-29(24)5)25(17-22(3)4)26(33)31-12-8-28(9-13-31)35-19-23(20-36-28)18-30-10-6-7-11-30/h21-25H,6-20H2,1-5H3/t24-,25-/m0/s1. The third-order valence-corrected chi connectivity index (χ3v) is 8.56. The first-order chi connectivity index (χ1) is 17.2. The van der Waals surface area contributed by atoms with Crippen molar-refractivity contribution in [2.75, 3.05) is 66.1 Å². The third-order valence-electron chi connectivity index (χ3n) is 8.56. The normalized spacial score (nSPS) is 27.5. The average molecular weight is 507 g/mol. The second-order valence-electron chi connectivity index (χ2n) is 12.5. The maximum absolute atomic E-state index is 13.8. The van der Waals surface area contributed by atoms with E-state index in [1.54, 1.807) is 0 Å². The van der Waals surface area contributed by atoms with Gasteiger partial charge in [0.05, 0.1) is 19.3 Å². The summed E-state index contributed by atoms with van der Waals surface area (Å²) in [5, 5.41) is 0. The Morgan fingerprint density at radius 1 is 0.944 bits per heavy atom. The van der Waals surface area contributed by atoms with Gasteiger partial charge in [0.15, 0.2) is 5.79 Å². The molecule has 0 N–H and O–H groups in total. The van der Waals surface area contributed by atoms with Gasteiger partial charge in [0.2, 0.25) is 11.8 Å². The summed E-state index contributed by atoms with van der Waals surface area (Å²) in [5.41, 5.74) is 0. The highest BCUT2D eigenvalue weighted by Crippen LogP contribution is 2.34. The Bertz CT molecular complexity index is 736. The Labute approximate surface area is 218 Å². The van der Waals surface area contributed by atoms with Crippen molar-refractivity contribution in [3.8, 4) is 0 Å². The van der Waals surface area contributed by atoms with Crippen LogP contribution in [0.15, 0.2) is 0 Å². The van der Waals surface area contributed by atoms with Crippen LogP contribution in [0.5, 0.6) is 0 Å². The number of nitrogens with zero attached hydrogens (tertiary/aromatic N) is 4. The molecule has 4 aliphatic rings. The second kappa shape index (κ2) is 12.1. The molecule has 4 aliphatic heterocycles. The molecule has 8 heteroatoms. The van der Waals surface area contributed by atoms with E-state index >= 15 is 0 Å². The summed E-state index contributed by atoms with van der Waals surface area (Å²) in [6.07, 6.45) is 5.55. The summed E-state index contributed by atoms with van der Waals surface area (Å²) >= 11 is 0. The summed E-state index contributed by atoms with van der Waals surface area (Å²) in [5.74, 6) is 0.881. The lowest BCUT2D eigenvalue weighted by Gasteiger charge is -2.47. The van der Waals surface area contributed by atoms with Gasteiger partial charge in [-0.25, -0.2) is 0 Å². The maximum Gasteiger partial charge on any atom is 0.245 e. The quantitative estimate of drug-likeness (QED) is 0.504.